The minimum Gasteiger partial charge on any atom is -0.367 e. The van der Waals surface area contributed by atoms with E-state index in [9.17, 15) is 19.2 Å². The lowest BCUT2D eigenvalue weighted by molar-refractivity contribution is 0.170. The van der Waals surface area contributed by atoms with Crippen LogP contribution in [0.2, 0.25) is 0 Å². The second-order valence-corrected chi connectivity index (χ2v) is 33.2. The summed E-state index contributed by atoms with van der Waals surface area (Å²) in [6.45, 7) is 33.7. The molecule has 3 saturated heterocycles. The molecule has 16 aromatic rings. The number of nitrogens with zero attached hydrogens (tertiary/aromatic N) is 24. The fourth-order valence-electron chi connectivity index (χ4n) is 17.0. The molecule has 0 bridgehead atoms. The molecule has 3 fully saturated rings. The van der Waals surface area contributed by atoms with Crippen molar-refractivity contribution in [1.82, 2.24) is 111 Å². The van der Waals surface area contributed by atoms with Crippen LogP contribution in [0.3, 0.4) is 0 Å². The lowest BCUT2D eigenvalue weighted by Gasteiger charge is -2.43. The van der Waals surface area contributed by atoms with Crippen LogP contribution >= 0.6 is 0 Å². The molecule has 0 aliphatic carbocycles. The number of piperidine rings is 1. The number of rotatable bonds is 9. The van der Waals surface area contributed by atoms with E-state index in [0.717, 1.165) is 179 Å². The molecule has 4 aliphatic rings. The van der Waals surface area contributed by atoms with Crippen LogP contribution in [0, 0.1) is 48.5 Å². The van der Waals surface area contributed by atoms with Gasteiger partial charge in [0.2, 0.25) is 0 Å². The van der Waals surface area contributed by atoms with Crippen molar-refractivity contribution in [2.24, 2.45) is 7.05 Å². The van der Waals surface area contributed by atoms with Gasteiger partial charge in [0.15, 0.2) is 5.65 Å². The van der Waals surface area contributed by atoms with Gasteiger partial charge in [0, 0.05) is 167 Å². The van der Waals surface area contributed by atoms with Crippen molar-refractivity contribution < 1.29 is 0 Å². The van der Waals surface area contributed by atoms with Crippen molar-refractivity contribution in [3.8, 4) is 45.3 Å². The maximum absolute atomic E-state index is 13.1. The molecule has 29 nitrogen and oxygen atoms in total. The van der Waals surface area contributed by atoms with Gasteiger partial charge in [0.05, 0.1) is 103 Å². The van der Waals surface area contributed by atoms with Crippen molar-refractivity contribution >= 4 is 67.1 Å². The molecule has 19 heterocycles. The van der Waals surface area contributed by atoms with E-state index < -0.39 is 0 Å². The molecule has 4 aliphatic heterocycles. The van der Waals surface area contributed by atoms with Gasteiger partial charge in [0.1, 0.15) is 34.0 Å². The summed E-state index contributed by atoms with van der Waals surface area (Å²) in [5.74, 6) is 0.398. The Bertz CT molecular complexity index is 6960. The summed E-state index contributed by atoms with van der Waals surface area (Å²) in [5.41, 5.74) is 23.4. The minimum absolute atomic E-state index is 0.0704. The number of fused-ring (bicyclic) bond motifs is 8. The average Bonchev–Trinajstić information content (AvgIpc) is 1.28. The molecule has 1 N–H and O–H groups in total. The van der Waals surface area contributed by atoms with E-state index in [1.807, 2.05) is 169 Å². The van der Waals surface area contributed by atoms with E-state index in [0.29, 0.717) is 86.8 Å². The topological polar surface area (TPSA) is 274 Å². The number of aryl methyl sites for hydroxylation is 8. The number of imidazole rings is 1. The Morgan fingerprint density at radius 2 is 1.01 bits per heavy atom. The minimum atomic E-state index is -0.103. The standard InChI is InChI=1S/C24H29N7O.C24H25N5O.C23H27N7O.C20H20N6O/c1-14-7-19(29-11-16(3)28(6)17(4)12-29)13-30-23(32)9-20(26-24(14)30)21-8-22-18(5)25-15(2)10-31(22)27-21;1-16(2)27-10-8-18(9-11-27)19-4-7-23-26-21(12-24(30)29(23)15-19)20-5-6-22-25-17(3)13-28(22)14-20;1-14-8-18(28-7-6-27(5)16(3)12-28)13-29-22(31)10-19(25-23(14)29)20-9-21-17(4)24-15(2)11-30(21)26-20;1-25-11-15-8-14(2-3-16(15)24-25)17-9-20(27)26-12-18(22-10-19(26)23-17)13-4-6-21-7-5-13/h7-10,13,16-17H,11-12H2,1-6H3;4-8,12-16H,9-11H2,1-3H3;8-11,13,16H,6-7,12H2,1-5H3;2-3,8-13,21H,4-7H2,1H3/t16-,17+;;16-;/m..0./s1. The Kier molecular flexibility index (Phi) is 21.5. The predicted octanol–water partition coefficient (Wildman–Crippen LogP) is 11.3. The lowest BCUT2D eigenvalue weighted by atomic mass is 9.95. The monoisotopic (exact) mass is 1610 g/mol. The number of benzene rings is 1. The summed E-state index contributed by atoms with van der Waals surface area (Å²) >= 11 is 0. The molecule has 3 atom stereocenters. The van der Waals surface area contributed by atoms with Crippen LogP contribution in [0.5, 0.6) is 0 Å². The smallest absolute Gasteiger partial charge is 0.258 e. The molecule has 29 heteroatoms. The molecular formula is C91H101N25O4. The highest BCUT2D eigenvalue weighted by Crippen LogP contribution is 2.32. The highest BCUT2D eigenvalue weighted by Gasteiger charge is 2.29. The van der Waals surface area contributed by atoms with Gasteiger partial charge in [-0.05, 0) is 212 Å². The van der Waals surface area contributed by atoms with Crippen LogP contribution < -0.4 is 37.4 Å². The van der Waals surface area contributed by atoms with Crippen LogP contribution in [0.15, 0.2) is 178 Å². The van der Waals surface area contributed by atoms with E-state index in [1.165, 1.54) is 5.57 Å². The molecular weight excluding hydrogens is 1510 g/mol. The third-order valence-electron chi connectivity index (χ3n) is 24.1. The van der Waals surface area contributed by atoms with Crippen LogP contribution in [-0.4, -0.2) is 203 Å². The number of hydrogen-bond acceptors (Lipinski definition) is 21. The number of piperazine rings is 2. The Labute approximate surface area is 693 Å². The second-order valence-electron chi connectivity index (χ2n) is 33.2. The van der Waals surface area contributed by atoms with Gasteiger partial charge in [-0.25, -0.2) is 34.0 Å². The Balaban J connectivity index is 0.000000114. The maximum atomic E-state index is 13.1. The summed E-state index contributed by atoms with van der Waals surface area (Å²) in [7, 11) is 6.22. The lowest BCUT2D eigenvalue weighted by Crippen LogP contribution is -2.55. The maximum Gasteiger partial charge on any atom is 0.258 e. The van der Waals surface area contributed by atoms with Crippen molar-refractivity contribution in [3.63, 3.8) is 0 Å². The van der Waals surface area contributed by atoms with E-state index in [4.69, 9.17) is 15.0 Å². The summed E-state index contributed by atoms with van der Waals surface area (Å²) in [6.07, 6.45) is 24.4. The van der Waals surface area contributed by atoms with Gasteiger partial charge < -0.3 is 24.4 Å². The SMILES string of the molecule is Cc1cn2cc(-c3cc(=O)n4cc(C5=CCN(C(C)C)CC5)ccc4n3)ccc2n1.Cc1cn2nc(-c3cc(=O)n4cc(N5CCN(C)[C@@H](C)C5)cc(C)c4n3)cc2c(C)n1.Cc1cn2nc(-c3cc(=O)n4cc(N5C[C@@H](C)N(C)[C@@H](C)C5)cc(C)c4n3)cc2c(C)n1.Cn1cc2cc(-c3cc(=O)n4cc(C5CCNCC5)ncc4n3)ccc2n1. The normalized spacial score (nSPS) is 17.2. The van der Waals surface area contributed by atoms with Gasteiger partial charge >= 0.3 is 0 Å². The number of likely N-dealkylation sites (N-methyl/N-ethyl adjacent to an activating group) is 2. The Morgan fingerprint density at radius 1 is 0.458 bits per heavy atom. The number of nitrogens with one attached hydrogen (secondary N) is 1. The molecule has 120 heavy (non-hydrogen) atoms. The summed E-state index contributed by atoms with van der Waals surface area (Å²) in [5, 5.41) is 18.1. The highest BCUT2D eigenvalue weighted by atomic mass is 16.1. The molecule has 614 valence electrons. The zero-order chi connectivity index (χ0) is 83.8. The van der Waals surface area contributed by atoms with Gasteiger partial charge in [-0.15, -0.1) is 0 Å². The first kappa shape index (κ1) is 79.6. The number of hydrogen-bond donors (Lipinski definition) is 1. The van der Waals surface area contributed by atoms with Gasteiger partial charge in [-0.2, -0.15) is 15.3 Å². The van der Waals surface area contributed by atoms with Crippen molar-refractivity contribution in [2.45, 2.75) is 132 Å². The van der Waals surface area contributed by atoms with Crippen molar-refractivity contribution in [3.05, 3.63) is 251 Å². The van der Waals surface area contributed by atoms with E-state index in [2.05, 4.69) is 143 Å². The molecule has 20 rings (SSSR count). The first-order valence-corrected chi connectivity index (χ1v) is 41.3. The summed E-state index contributed by atoms with van der Waals surface area (Å²) < 4.78 is 13.9. The largest absolute Gasteiger partial charge is 0.367 e. The predicted molar refractivity (Wildman–Crippen MR) is 472 cm³/mol. The fraction of sp³-hybridized carbons (Fsp3) is 0.352. The first-order valence-electron chi connectivity index (χ1n) is 41.3. The van der Waals surface area contributed by atoms with Crippen LogP contribution in [0.25, 0.3) is 101 Å². The molecule has 0 radical (unpaired) electrons. The van der Waals surface area contributed by atoms with Crippen molar-refractivity contribution in [1.29, 1.82) is 0 Å². The fourth-order valence-corrected chi connectivity index (χ4v) is 17.0. The number of aromatic nitrogens is 19. The van der Waals surface area contributed by atoms with Crippen molar-refractivity contribution in [2.75, 3.05) is 82.8 Å². The molecule has 1 aromatic carbocycles. The van der Waals surface area contributed by atoms with Crippen LogP contribution in [0.1, 0.15) is 111 Å². The molecule has 0 saturated carbocycles. The second kappa shape index (κ2) is 32.5. The van der Waals surface area contributed by atoms with E-state index in [1.54, 1.807) is 57.3 Å². The molecule has 0 unspecified atom stereocenters. The highest BCUT2D eigenvalue weighted by molar-refractivity contribution is 5.84. The molecule has 0 spiro atoms. The van der Waals surface area contributed by atoms with E-state index >= 15 is 0 Å². The molecule has 15 aromatic heterocycles. The summed E-state index contributed by atoms with van der Waals surface area (Å²) in [4.78, 5) is 101. The zero-order valence-corrected chi connectivity index (χ0v) is 70.7. The van der Waals surface area contributed by atoms with Crippen LogP contribution in [-0.2, 0) is 7.05 Å². The molecule has 0 amide bonds. The Morgan fingerprint density at radius 3 is 1.62 bits per heavy atom. The quantitative estimate of drug-likeness (QED) is 0.141. The van der Waals surface area contributed by atoms with E-state index in [-0.39, 0.29) is 22.2 Å². The van der Waals surface area contributed by atoms with Gasteiger partial charge in [0.25, 0.3) is 22.2 Å². The van der Waals surface area contributed by atoms with Gasteiger partial charge in [-0.1, -0.05) is 12.1 Å². The Hall–Kier alpha value is -12.8. The third kappa shape index (κ3) is 16.1. The zero-order valence-electron chi connectivity index (χ0n) is 70.7. The average molecular weight is 1610 g/mol. The third-order valence-corrected chi connectivity index (χ3v) is 24.1. The number of anilines is 2. The summed E-state index contributed by atoms with van der Waals surface area (Å²) in [6, 6.07) is 30.2. The van der Waals surface area contributed by atoms with Crippen LogP contribution in [0.4, 0.5) is 11.4 Å². The number of pyridine rings is 4. The first-order chi connectivity index (χ1) is 57.6. The van der Waals surface area contributed by atoms with Gasteiger partial charge in [-0.3, -0.25) is 66.2 Å².